The molecule has 0 atom stereocenters. The van der Waals surface area contributed by atoms with E-state index in [1.54, 1.807) is 0 Å². The van der Waals surface area contributed by atoms with Crippen molar-refractivity contribution in [2.24, 2.45) is 0 Å². The molecule has 1 aromatic carbocycles. The fourth-order valence-electron chi connectivity index (χ4n) is 1.16. The second kappa shape index (κ2) is 5.55. The van der Waals surface area contributed by atoms with Gasteiger partial charge in [0.1, 0.15) is 4.90 Å². The summed E-state index contributed by atoms with van der Waals surface area (Å²) in [7, 11) is -0.747. The van der Waals surface area contributed by atoms with Gasteiger partial charge in [-0.15, -0.1) is 0 Å². The first kappa shape index (κ1) is 14.7. The maximum absolute atomic E-state index is 11.9. The lowest BCUT2D eigenvalue weighted by molar-refractivity contribution is -0.127. The van der Waals surface area contributed by atoms with Crippen LogP contribution in [-0.2, 0) is 14.8 Å². The third-order valence-electron chi connectivity index (χ3n) is 2.17. The van der Waals surface area contributed by atoms with Crippen molar-refractivity contribution in [1.82, 2.24) is 9.62 Å². The third kappa shape index (κ3) is 3.59. The molecule has 100 valence electrons. The molecule has 0 unspecified atom stereocenters. The van der Waals surface area contributed by atoms with Gasteiger partial charge < -0.3 is 10.6 Å². The van der Waals surface area contributed by atoms with Crippen molar-refractivity contribution in [3.8, 4) is 0 Å². The molecule has 6 nitrogen and oxygen atoms in total. The Morgan fingerprint density at radius 2 is 2.06 bits per heavy atom. The van der Waals surface area contributed by atoms with E-state index in [2.05, 4.69) is 4.72 Å². The average Bonchev–Trinajstić information content (AvgIpc) is 2.25. The van der Waals surface area contributed by atoms with E-state index in [1.807, 2.05) is 0 Å². The SMILES string of the molecule is CN(C)C(=O)CNS(=O)(=O)c1ccc(Cl)cc1N. The summed E-state index contributed by atoms with van der Waals surface area (Å²) < 4.78 is 25.9. The Morgan fingerprint density at radius 1 is 1.44 bits per heavy atom. The number of nitrogens with two attached hydrogens (primary N) is 1. The number of hydrogen-bond acceptors (Lipinski definition) is 4. The molecular weight excluding hydrogens is 278 g/mol. The Labute approximate surface area is 111 Å². The molecule has 8 heteroatoms. The molecule has 0 fully saturated rings. The predicted octanol–water partition coefficient (Wildman–Crippen LogP) is 0.289. The third-order valence-corrected chi connectivity index (χ3v) is 3.88. The number of carbonyl (C=O) groups excluding carboxylic acids is 1. The van der Waals surface area contributed by atoms with Crippen LogP contribution in [0.5, 0.6) is 0 Å². The Kier molecular flexibility index (Phi) is 4.55. The zero-order chi connectivity index (χ0) is 13.9. The standard InChI is InChI=1S/C10H14ClN3O3S/c1-14(2)10(15)6-13-18(16,17)9-4-3-7(11)5-8(9)12/h3-5,13H,6,12H2,1-2H3. The monoisotopic (exact) mass is 291 g/mol. The highest BCUT2D eigenvalue weighted by molar-refractivity contribution is 7.89. The van der Waals surface area contributed by atoms with Gasteiger partial charge in [0.25, 0.3) is 0 Å². The molecule has 18 heavy (non-hydrogen) atoms. The van der Waals surface area contributed by atoms with Crippen molar-refractivity contribution in [1.29, 1.82) is 0 Å². The van der Waals surface area contributed by atoms with Gasteiger partial charge in [0.2, 0.25) is 15.9 Å². The molecule has 1 aromatic rings. The van der Waals surface area contributed by atoms with Crippen molar-refractivity contribution in [3.05, 3.63) is 23.2 Å². The van der Waals surface area contributed by atoms with Crippen LogP contribution in [0.3, 0.4) is 0 Å². The van der Waals surface area contributed by atoms with Crippen molar-refractivity contribution < 1.29 is 13.2 Å². The normalized spacial score (nSPS) is 11.3. The van der Waals surface area contributed by atoms with Crippen LogP contribution in [0.2, 0.25) is 5.02 Å². The number of sulfonamides is 1. The highest BCUT2D eigenvalue weighted by Gasteiger charge is 2.18. The molecule has 0 aromatic heterocycles. The molecular formula is C10H14ClN3O3S. The molecule has 0 spiro atoms. The number of halogens is 1. The van der Waals surface area contributed by atoms with Crippen LogP contribution in [0.15, 0.2) is 23.1 Å². The Morgan fingerprint density at radius 3 is 2.56 bits per heavy atom. The van der Waals surface area contributed by atoms with E-state index >= 15 is 0 Å². The lowest BCUT2D eigenvalue weighted by atomic mass is 10.3. The first-order chi connectivity index (χ1) is 8.24. The summed E-state index contributed by atoms with van der Waals surface area (Å²) in [6.45, 7) is -0.322. The summed E-state index contributed by atoms with van der Waals surface area (Å²) in [5.41, 5.74) is 5.61. The minimum absolute atomic E-state index is 0.0345. The second-order valence-electron chi connectivity index (χ2n) is 3.79. The van der Waals surface area contributed by atoms with Gasteiger partial charge in [0.15, 0.2) is 0 Å². The number of amides is 1. The van der Waals surface area contributed by atoms with E-state index in [0.29, 0.717) is 5.02 Å². The zero-order valence-corrected chi connectivity index (χ0v) is 11.5. The van der Waals surface area contributed by atoms with E-state index in [9.17, 15) is 13.2 Å². The number of nitrogens with one attached hydrogen (secondary N) is 1. The first-order valence-corrected chi connectivity index (χ1v) is 6.85. The van der Waals surface area contributed by atoms with Gasteiger partial charge in [0, 0.05) is 19.1 Å². The van der Waals surface area contributed by atoms with Crippen LogP contribution in [0.4, 0.5) is 5.69 Å². The van der Waals surface area contributed by atoms with Gasteiger partial charge in [-0.1, -0.05) is 11.6 Å². The molecule has 0 heterocycles. The van der Waals surface area contributed by atoms with Crippen molar-refractivity contribution in [2.45, 2.75) is 4.90 Å². The number of benzene rings is 1. The van der Waals surface area contributed by atoms with Gasteiger partial charge in [-0.25, -0.2) is 13.1 Å². The van der Waals surface area contributed by atoms with E-state index in [4.69, 9.17) is 17.3 Å². The first-order valence-electron chi connectivity index (χ1n) is 4.99. The Balaban J connectivity index is 2.90. The summed E-state index contributed by atoms with van der Waals surface area (Å²) in [6.07, 6.45) is 0. The average molecular weight is 292 g/mol. The molecule has 0 saturated heterocycles. The van der Waals surface area contributed by atoms with Crippen LogP contribution in [0.1, 0.15) is 0 Å². The number of nitrogen functional groups attached to an aromatic ring is 1. The van der Waals surface area contributed by atoms with Crippen LogP contribution in [-0.4, -0.2) is 39.9 Å². The number of likely N-dealkylation sites (N-methyl/N-ethyl adjacent to an activating group) is 1. The van der Waals surface area contributed by atoms with E-state index in [1.165, 1.54) is 37.2 Å². The van der Waals surface area contributed by atoms with Crippen LogP contribution in [0.25, 0.3) is 0 Å². The molecule has 0 radical (unpaired) electrons. The van der Waals surface area contributed by atoms with Gasteiger partial charge in [0.05, 0.1) is 12.2 Å². The van der Waals surface area contributed by atoms with E-state index < -0.39 is 10.0 Å². The van der Waals surface area contributed by atoms with Crippen molar-refractivity contribution >= 4 is 33.2 Å². The number of rotatable bonds is 4. The summed E-state index contributed by atoms with van der Waals surface area (Å²) in [6, 6.07) is 4.05. The van der Waals surface area contributed by atoms with Crippen molar-refractivity contribution in [2.75, 3.05) is 26.4 Å². The minimum atomic E-state index is -3.82. The van der Waals surface area contributed by atoms with Crippen LogP contribution < -0.4 is 10.5 Å². The summed E-state index contributed by atoms with van der Waals surface area (Å²) in [5, 5.41) is 0.343. The van der Waals surface area contributed by atoms with Gasteiger partial charge >= 0.3 is 0 Å². The highest BCUT2D eigenvalue weighted by atomic mass is 35.5. The lowest BCUT2D eigenvalue weighted by Gasteiger charge is -2.12. The van der Waals surface area contributed by atoms with Gasteiger partial charge in [-0.3, -0.25) is 4.79 Å². The smallest absolute Gasteiger partial charge is 0.243 e. The highest BCUT2D eigenvalue weighted by Crippen LogP contribution is 2.21. The molecule has 0 aliphatic heterocycles. The summed E-state index contributed by atoms with van der Waals surface area (Å²) in [4.78, 5) is 12.5. The molecule has 0 aliphatic rings. The van der Waals surface area contributed by atoms with Crippen molar-refractivity contribution in [3.63, 3.8) is 0 Å². The minimum Gasteiger partial charge on any atom is -0.398 e. The number of anilines is 1. The maximum atomic E-state index is 11.9. The van der Waals surface area contributed by atoms with Gasteiger partial charge in [-0.05, 0) is 18.2 Å². The fraction of sp³-hybridized carbons (Fsp3) is 0.300. The lowest BCUT2D eigenvalue weighted by Crippen LogP contribution is -2.36. The number of carbonyl (C=O) groups is 1. The molecule has 1 amide bonds. The number of nitrogens with zero attached hydrogens (tertiary/aromatic N) is 1. The molecule has 1 rings (SSSR count). The largest absolute Gasteiger partial charge is 0.398 e. The molecule has 0 saturated carbocycles. The molecule has 0 aliphatic carbocycles. The van der Waals surface area contributed by atoms with Crippen LogP contribution >= 0.6 is 11.6 Å². The predicted molar refractivity (Wildman–Crippen MR) is 69.7 cm³/mol. The Hall–Kier alpha value is -1.31. The van der Waals surface area contributed by atoms with E-state index in [-0.39, 0.29) is 23.0 Å². The summed E-state index contributed by atoms with van der Waals surface area (Å²) in [5.74, 6) is -0.355. The zero-order valence-electron chi connectivity index (χ0n) is 9.97. The van der Waals surface area contributed by atoms with E-state index in [0.717, 1.165) is 0 Å². The Bertz CT molecular complexity index is 557. The fourth-order valence-corrected chi connectivity index (χ4v) is 2.42. The quantitative estimate of drug-likeness (QED) is 0.780. The van der Waals surface area contributed by atoms with Crippen LogP contribution in [0, 0.1) is 0 Å². The summed E-state index contributed by atoms with van der Waals surface area (Å²) >= 11 is 5.68. The maximum Gasteiger partial charge on any atom is 0.243 e. The number of hydrogen-bond donors (Lipinski definition) is 2. The topological polar surface area (TPSA) is 92.5 Å². The molecule has 3 N–H and O–H groups in total. The second-order valence-corrected chi connectivity index (χ2v) is 5.97. The molecule has 0 bridgehead atoms. The van der Waals surface area contributed by atoms with Gasteiger partial charge in [-0.2, -0.15) is 0 Å².